The summed E-state index contributed by atoms with van der Waals surface area (Å²) in [5, 5.41) is 15.0. The zero-order valence-electron chi connectivity index (χ0n) is 12.5. The highest BCUT2D eigenvalue weighted by Crippen LogP contribution is 2.23. The molecule has 3 rings (SSSR count). The number of hydrogen-bond acceptors (Lipinski definition) is 4. The van der Waals surface area contributed by atoms with Gasteiger partial charge < -0.3 is 5.11 Å². The minimum Gasteiger partial charge on any atom is -0.507 e. The Hall–Kier alpha value is -2.69. The van der Waals surface area contributed by atoms with Crippen molar-refractivity contribution in [1.29, 1.82) is 0 Å². The second kappa shape index (κ2) is 5.60. The van der Waals surface area contributed by atoms with Crippen LogP contribution >= 0.6 is 0 Å². The molecule has 2 aromatic heterocycles. The Morgan fingerprint density at radius 3 is 2.82 bits per heavy atom. The van der Waals surface area contributed by atoms with Gasteiger partial charge in [0.25, 0.3) is 0 Å². The summed E-state index contributed by atoms with van der Waals surface area (Å²) in [6.45, 7) is 4.17. The third kappa shape index (κ3) is 2.35. The maximum Gasteiger partial charge on any atom is 0.198 e. The van der Waals surface area contributed by atoms with Crippen LogP contribution in [0, 0.1) is 0 Å². The molecule has 1 aromatic carbocycles. The largest absolute Gasteiger partial charge is 0.507 e. The molecule has 1 atom stereocenters. The van der Waals surface area contributed by atoms with Crippen molar-refractivity contribution in [3.8, 4) is 5.75 Å². The van der Waals surface area contributed by atoms with Crippen molar-refractivity contribution in [2.24, 2.45) is 0 Å². The summed E-state index contributed by atoms with van der Waals surface area (Å²) in [6, 6.07) is 8.53. The molecule has 0 fully saturated rings. The molecular formula is C17H17N3O2. The van der Waals surface area contributed by atoms with Gasteiger partial charge in [-0.15, -0.1) is 0 Å². The van der Waals surface area contributed by atoms with Gasteiger partial charge in [-0.25, -0.2) is 9.67 Å². The van der Waals surface area contributed by atoms with Crippen LogP contribution < -0.4 is 0 Å². The van der Waals surface area contributed by atoms with Crippen LogP contribution in [0.1, 0.15) is 42.2 Å². The zero-order valence-corrected chi connectivity index (χ0v) is 12.5. The summed E-state index contributed by atoms with van der Waals surface area (Å²) in [5.41, 5.74) is 1.49. The van der Waals surface area contributed by atoms with Gasteiger partial charge in [0.15, 0.2) is 11.4 Å². The number of nitrogens with zero attached hydrogens (tertiary/aromatic N) is 3. The number of para-hydroxylation sites is 1. The van der Waals surface area contributed by atoms with Gasteiger partial charge in [0.05, 0.1) is 17.8 Å². The number of phenolic OH excluding ortho intramolecular Hbond substituents is 1. The molecule has 5 heteroatoms. The fraction of sp³-hybridized carbons (Fsp3) is 0.235. The van der Waals surface area contributed by atoms with Crippen molar-refractivity contribution < 1.29 is 9.90 Å². The van der Waals surface area contributed by atoms with Crippen LogP contribution in [-0.2, 0) is 0 Å². The standard InChI is InChI=1S/C17H17N3O2/c1-3-11(2)20-17-13(10-19-20)8-12(9-18-17)16(22)14-6-4-5-7-15(14)21/h4-11,21H,3H2,1-2H3/t11-/m1/s1. The van der Waals surface area contributed by atoms with Crippen LogP contribution in [0.15, 0.2) is 42.7 Å². The number of hydrogen-bond donors (Lipinski definition) is 1. The maximum atomic E-state index is 12.5. The molecule has 2 heterocycles. The first-order chi connectivity index (χ1) is 10.6. The Kier molecular flexibility index (Phi) is 3.63. The van der Waals surface area contributed by atoms with Crippen LogP contribution in [-0.4, -0.2) is 25.7 Å². The number of fused-ring (bicyclic) bond motifs is 1. The molecule has 0 aliphatic rings. The molecule has 5 nitrogen and oxygen atoms in total. The zero-order chi connectivity index (χ0) is 15.7. The lowest BCUT2D eigenvalue weighted by Gasteiger charge is -2.10. The lowest BCUT2D eigenvalue weighted by molar-refractivity contribution is 0.103. The van der Waals surface area contributed by atoms with E-state index in [-0.39, 0.29) is 23.1 Å². The van der Waals surface area contributed by atoms with Gasteiger partial charge >= 0.3 is 0 Å². The van der Waals surface area contributed by atoms with Crippen molar-refractivity contribution in [3.63, 3.8) is 0 Å². The first-order valence-electron chi connectivity index (χ1n) is 7.27. The molecule has 3 aromatic rings. The highest BCUT2D eigenvalue weighted by Gasteiger charge is 2.16. The van der Waals surface area contributed by atoms with Crippen molar-refractivity contribution in [3.05, 3.63) is 53.9 Å². The summed E-state index contributed by atoms with van der Waals surface area (Å²) < 4.78 is 1.86. The van der Waals surface area contributed by atoms with Gasteiger partial charge in [-0.05, 0) is 31.5 Å². The average molecular weight is 295 g/mol. The topological polar surface area (TPSA) is 68.0 Å². The molecule has 22 heavy (non-hydrogen) atoms. The van der Waals surface area contributed by atoms with E-state index in [0.29, 0.717) is 5.56 Å². The highest BCUT2D eigenvalue weighted by atomic mass is 16.3. The molecule has 0 saturated heterocycles. The van der Waals surface area contributed by atoms with E-state index in [1.54, 1.807) is 30.5 Å². The van der Waals surface area contributed by atoms with E-state index in [1.165, 1.54) is 12.3 Å². The number of aromatic hydroxyl groups is 1. The van der Waals surface area contributed by atoms with Gasteiger partial charge in [-0.2, -0.15) is 5.10 Å². The molecule has 0 radical (unpaired) electrons. The van der Waals surface area contributed by atoms with E-state index in [2.05, 4.69) is 23.9 Å². The molecule has 0 saturated carbocycles. The summed E-state index contributed by atoms with van der Waals surface area (Å²) >= 11 is 0. The quantitative estimate of drug-likeness (QED) is 0.750. The fourth-order valence-corrected chi connectivity index (χ4v) is 2.38. The maximum absolute atomic E-state index is 12.5. The molecule has 0 spiro atoms. The van der Waals surface area contributed by atoms with Crippen molar-refractivity contribution >= 4 is 16.8 Å². The number of pyridine rings is 1. The Bertz CT molecular complexity index is 839. The SMILES string of the molecule is CC[C@@H](C)n1ncc2cc(C(=O)c3ccccc3O)cnc21. The number of ketones is 1. The molecule has 0 amide bonds. The van der Waals surface area contributed by atoms with Crippen LogP contribution in [0.25, 0.3) is 11.0 Å². The minimum absolute atomic E-state index is 0.0251. The van der Waals surface area contributed by atoms with Gasteiger partial charge in [-0.1, -0.05) is 19.1 Å². The van der Waals surface area contributed by atoms with Crippen LogP contribution in [0.2, 0.25) is 0 Å². The number of aromatic nitrogens is 3. The number of phenols is 1. The van der Waals surface area contributed by atoms with Crippen LogP contribution in [0.5, 0.6) is 5.75 Å². The predicted molar refractivity (Wildman–Crippen MR) is 84.1 cm³/mol. The third-order valence-electron chi connectivity index (χ3n) is 3.85. The highest BCUT2D eigenvalue weighted by molar-refractivity contribution is 6.11. The molecule has 1 N–H and O–H groups in total. The minimum atomic E-state index is -0.246. The smallest absolute Gasteiger partial charge is 0.198 e. The first-order valence-corrected chi connectivity index (χ1v) is 7.27. The molecule has 112 valence electrons. The monoisotopic (exact) mass is 295 g/mol. The summed E-state index contributed by atoms with van der Waals surface area (Å²) in [6.07, 6.45) is 4.21. The number of rotatable bonds is 4. The second-order valence-electron chi connectivity index (χ2n) is 5.33. The molecule has 0 aliphatic carbocycles. The normalized spacial score (nSPS) is 12.5. The van der Waals surface area contributed by atoms with Crippen molar-refractivity contribution in [1.82, 2.24) is 14.8 Å². The summed E-state index contributed by atoms with van der Waals surface area (Å²) in [4.78, 5) is 16.9. The fourth-order valence-electron chi connectivity index (χ4n) is 2.38. The van der Waals surface area contributed by atoms with Gasteiger partial charge in [-0.3, -0.25) is 4.79 Å². The number of carbonyl (C=O) groups excluding carboxylic acids is 1. The Morgan fingerprint density at radius 1 is 1.32 bits per heavy atom. The Morgan fingerprint density at radius 2 is 2.09 bits per heavy atom. The van der Waals surface area contributed by atoms with Crippen molar-refractivity contribution in [2.75, 3.05) is 0 Å². The lowest BCUT2D eigenvalue weighted by atomic mass is 10.0. The Labute approximate surface area is 128 Å². The van der Waals surface area contributed by atoms with Gasteiger partial charge in [0.2, 0.25) is 0 Å². The second-order valence-corrected chi connectivity index (χ2v) is 5.33. The van der Waals surface area contributed by atoms with E-state index >= 15 is 0 Å². The first kappa shape index (κ1) is 14.3. The van der Waals surface area contributed by atoms with E-state index in [0.717, 1.165) is 17.5 Å². The Balaban J connectivity index is 2.03. The van der Waals surface area contributed by atoms with E-state index in [1.807, 2.05) is 4.68 Å². The van der Waals surface area contributed by atoms with Crippen LogP contribution in [0.3, 0.4) is 0 Å². The molecule has 0 unspecified atom stereocenters. The summed E-state index contributed by atoms with van der Waals surface area (Å²) in [7, 11) is 0. The lowest BCUT2D eigenvalue weighted by Crippen LogP contribution is -2.07. The van der Waals surface area contributed by atoms with E-state index in [4.69, 9.17) is 0 Å². The third-order valence-corrected chi connectivity index (χ3v) is 3.85. The number of benzene rings is 1. The van der Waals surface area contributed by atoms with Crippen molar-refractivity contribution in [2.45, 2.75) is 26.3 Å². The van der Waals surface area contributed by atoms with E-state index < -0.39 is 0 Å². The van der Waals surface area contributed by atoms with Gasteiger partial charge in [0.1, 0.15) is 5.75 Å². The average Bonchev–Trinajstić information content (AvgIpc) is 2.97. The predicted octanol–water partition coefficient (Wildman–Crippen LogP) is 3.34. The molecular weight excluding hydrogens is 278 g/mol. The summed E-state index contributed by atoms with van der Waals surface area (Å²) in [5.74, 6) is -0.272. The van der Waals surface area contributed by atoms with E-state index in [9.17, 15) is 9.90 Å². The number of carbonyl (C=O) groups is 1. The molecule has 0 bridgehead atoms. The molecule has 0 aliphatic heterocycles. The van der Waals surface area contributed by atoms with Crippen LogP contribution in [0.4, 0.5) is 0 Å². The van der Waals surface area contributed by atoms with Gasteiger partial charge in [0, 0.05) is 17.1 Å².